The third-order valence-electron chi connectivity index (χ3n) is 2.57. The van der Waals surface area contributed by atoms with Crippen molar-refractivity contribution in [2.45, 2.75) is 0 Å². The fourth-order valence-corrected chi connectivity index (χ4v) is 1.73. The van der Waals surface area contributed by atoms with Crippen LogP contribution in [0.4, 0.5) is 10.3 Å². The van der Waals surface area contributed by atoms with Crippen molar-refractivity contribution in [2.24, 2.45) is 0 Å². The van der Waals surface area contributed by atoms with Crippen LogP contribution in [0.3, 0.4) is 0 Å². The van der Waals surface area contributed by atoms with Crippen LogP contribution >= 0.6 is 0 Å². The number of nitrogens with one attached hydrogen (secondary N) is 1. The van der Waals surface area contributed by atoms with Gasteiger partial charge >= 0.3 is 0 Å². The van der Waals surface area contributed by atoms with Gasteiger partial charge in [-0.3, -0.25) is 0 Å². The molecule has 0 saturated heterocycles. The zero-order valence-corrected chi connectivity index (χ0v) is 9.11. The van der Waals surface area contributed by atoms with Crippen LogP contribution in [0.2, 0.25) is 0 Å². The smallest absolute Gasteiger partial charge is 0.224 e. The molecule has 1 N–H and O–H groups in total. The SMILES string of the molecule is CNc1ncc2cc3cccc(F)c3nc2n1. The van der Waals surface area contributed by atoms with Gasteiger partial charge in [-0.25, -0.2) is 14.4 Å². The Morgan fingerprint density at radius 2 is 2.06 bits per heavy atom. The summed E-state index contributed by atoms with van der Waals surface area (Å²) in [5.41, 5.74) is 0.822. The van der Waals surface area contributed by atoms with E-state index in [1.165, 1.54) is 6.07 Å². The maximum Gasteiger partial charge on any atom is 0.224 e. The highest BCUT2D eigenvalue weighted by Gasteiger charge is 2.06. The molecule has 0 atom stereocenters. The average molecular weight is 228 g/mol. The topological polar surface area (TPSA) is 50.7 Å². The largest absolute Gasteiger partial charge is 0.357 e. The van der Waals surface area contributed by atoms with Crippen LogP contribution in [0.5, 0.6) is 0 Å². The molecule has 0 aliphatic carbocycles. The van der Waals surface area contributed by atoms with Crippen LogP contribution in [0.1, 0.15) is 0 Å². The number of hydrogen-bond donors (Lipinski definition) is 1. The minimum Gasteiger partial charge on any atom is -0.357 e. The Balaban J connectivity index is 2.40. The molecular formula is C12H9FN4. The number of benzene rings is 1. The number of pyridine rings is 1. The zero-order valence-electron chi connectivity index (χ0n) is 9.11. The molecule has 0 unspecified atom stereocenters. The van der Waals surface area contributed by atoms with Gasteiger partial charge in [-0.1, -0.05) is 12.1 Å². The summed E-state index contributed by atoms with van der Waals surface area (Å²) in [6.07, 6.45) is 1.67. The van der Waals surface area contributed by atoms with Gasteiger partial charge in [0, 0.05) is 24.0 Å². The lowest BCUT2D eigenvalue weighted by molar-refractivity contribution is 0.637. The van der Waals surface area contributed by atoms with E-state index in [-0.39, 0.29) is 5.82 Å². The summed E-state index contributed by atoms with van der Waals surface area (Å²) in [5, 5.41) is 4.37. The average Bonchev–Trinajstić information content (AvgIpc) is 2.37. The standard InChI is InChI=1S/C12H9FN4/c1-14-12-15-6-8-5-7-3-2-4-9(13)10(7)16-11(8)17-12/h2-6H,1H3,(H,14,15,16,17). The molecule has 0 radical (unpaired) electrons. The number of halogens is 1. The highest BCUT2D eigenvalue weighted by molar-refractivity contribution is 5.91. The second-order valence-electron chi connectivity index (χ2n) is 3.66. The van der Waals surface area contributed by atoms with E-state index in [9.17, 15) is 4.39 Å². The van der Waals surface area contributed by atoms with Crippen LogP contribution in [-0.2, 0) is 0 Å². The molecule has 0 spiro atoms. The lowest BCUT2D eigenvalue weighted by Crippen LogP contribution is -1.97. The molecule has 17 heavy (non-hydrogen) atoms. The Bertz CT molecular complexity index is 711. The third-order valence-corrected chi connectivity index (χ3v) is 2.57. The number of para-hydroxylation sites is 1. The Hall–Kier alpha value is -2.30. The molecule has 1 aromatic carbocycles. The van der Waals surface area contributed by atoms with Crippen molar-refractivity contribution in [2.75, 3.05) is 12.4 Å². The lowest BCUT2D eigenvalue weighted by atomic mass is 10.2. The fraction of sp³-hybridized carbons (Fsp3) is 0.0833. The summed E-state index contributed by atoms with van der Waals surface area (Å²) in [6, 6.07) is 6.70. The predicted molar refractivity (Wildman–Crippen MR) is 64.3 cm³/mol. The van der Waals surface area contributed by atoms with E-state index < -0.39 is 0 Å². The zero-order chi connectivity index (χ0) is 11.8. The van der Waals surface area contributed by atoms with Gasteiger partial charge in [0.25, 0.3) is 0 Å². The summed E-state index contributed by atoms with van der Waals surface area (Å²) < 4.78 is 13.6. The number of aromatic nitrogens is 3. The molecule has 0 aliphatic heterocycles. The molecule has 5 heteroatoms. The predicted octanol–water partition coefficient (Wildman–Crippen LogP) is 2.36. The summed E-state index contributed by atoms with van der Waals surface area (Å²) >= 11 is 0. The molecular weight excluding hydrogens is 219 g/mol. The number of anilines is 1. The monoisotopic (exact) mass is 228 g/mol. The van der Waals surface area contributed by atoms with Gasteiger partial charge < -0.3 is 5.32 Å². The third kappa shape index (κ3) is 1.56. The van der Waals surface area contributed by atoms with Crippen LogP contribution in [0.25, 0.3) is 21.9 Å². The highest BCUT2D eigenvalue weighted by Crippen LogP contribution is 2.20. The molecule has 2 aromatic heterocycles. The molecule has 84 valence electrons. The van der Waals surface area contributed by atoms with Crippen LogP contribution in [0, 0.1) is 5.82 Å². The maximum atomic E-state index is 13.6. The van der Waals surface area contributed by atoms with Crippen molar-refractivity contribution in [3.63, 3.8) is 0 Å². The molecule has 0 saturated carbocycles. The first kappa shape index (κ1) is 9.89. The van der Waals surface area contributed by atoms with Gasteiger partial charge in [-0.2, -0.15) is 4.98 Å². The molecule has 3 rings (SSSR count). The van der Waals surface area contributed by atoms with Gasteiger partial charge in [0.15, 0.2) is 5.65 Å². The fourth-order valence-electron chi connectivity index (χ4n) is 1.73. The highest BCUT2D eigenvalue weighted by atomic mass is 19.1. The van der Waals surface area contributed by atoms with Gasteiger partial charge in [-0.05, 0) is 12.1 Å². The number of rotatable bonds is 1. The minimum absolute atomic E-state index is 0.334. The minimum atomic E-state index is -0.339. The van der Waals surface area contributed by atoms with Crippen LogP contribution in [0.15, 0.2) is 30.5 Å². The van der Waals surface area contributed by atoms with E-state index in [1.807, 2.05) is 12.1 Å². The number of hydrogen-bond acceptors (Lipinski definition) is 4. The quantitative estimate of drug-likeness (QED) is 0.649. The normalized spacial score (nSPS) is 10.9. The Morgan fingerprint density at radius 3 is 2.88 bits per heavy atom. The second-order valence-corrected chi connectivity index (χ2v) is 3.66. The summed E-state index contributed by atoms with van der Waals surface area (Å²) in [6.45, 7) is 0. The van der Waals surface area contributed by atoms with Crippen molar-refractivity contribution in [1.29, 1.82) is 0 Å². The van der Waals surface area contributed by atoms with Crippen molar-refractivity contribution < 1.29 is 4.39 Å². The molecule has 4 nitrogen and oxygen atoms in total. The van der Waals surface area contributed by atoms with Gasteiger partial charge in [0.1, 0.15) is 11.3 Å². The molecule has 0 bridgehead atoms. The van der Waals surface area contributed by atoms with Crippen molar-refractivity contribution in [3.8, 4) is 0 Å². The van der Waals surface area contributed by atoms with Crippen molar-refractivity contribution >= 4 is 27.9 Å². The second kappa shape index (κ2) is 3.62. The van der Waals surface area contributed by atoms with Crippen LogP contribution in [-0.4, -0.2) is 22.0 Å². The number of fused-ring (bicyclic) bond motifs is 2. The molecule has 0 aliphatic rings. The summed E-state index contributed by atoms with van der Waals surface area (Å²) in [7, 11) is 1.72. The molecule has 0 amide bonds. The Labute approximate surface area is 96.5 Å². The first-order valence-electron chi connectivity index (χ1n) is 5.18. The molecule has 3 aromatic rings. The van der Waals surface area contributed by atoms with Crippen molar-refractivity contribution in [3.05, 3.63) is 36.3 Å². The van der Waals surface area contributed by atoms with Gasteiger partial charge in [0.05, 0.1) is 0 Å². The van der Waals surface area contributed by atoms with E-state index in [2.05, 4.69) is 20.3 Å². The maximum absolute atomic E-state index is 13.6. The molecule has 0 fully saturated rings. The number of nitrogens with zero attached hydrogens (tertiary/aromatic N) is 3. The van der Waals surface area contributed by atoms with E-state index in [0.717, 1.165) is 10.8 Å². The first-order chi connectivity index (χ1) is 8.28. The van der Waals surface area contributed by atoms with E-state index in [1.54, 1.807) is 19.3 Å². The van der Waals surface area contributed by atoms with Gasteiger partial charge in [0.2, 0.25) is 5.95 Å². The first-order valence-corrected chi connectivity index (χ1v) is 5.18. The van der Waals surface area contributed by atoms with Gasteiger partial charge in [-0.15, -0.1) is 0 Å². The summed E-state index contributed by atoms with van der Waals surface area (Å²) in [4.78, 5) is 12.5. The van der Waals surface area contributed by atoms with E-state index in [4.69, 9.17) is 0 Å². The Kier molecular flexibility index (Phi) is 2.11. The Morgan fingerprint density at radius 1 is 1.18 bits per heavy atom. The van der Waals surface area contributed by atoms with E-state index >= 15 is 0 Å². The van der Waals surface area contributed by atoms with E-state index in [0.29, 0.717) is 17.1 Å². The van der Waals surface area contributed by atoms with Crippen LogP contribution < -0.4 is 5.32 Å². The summed E-state index contributed by atoms with van der Waals surface area (Å²) in [5.74, 6) is 0.134. The lowest BCUT2D eigenvalue weighted by Gasteiger charge is -2.03. The van der Waals surface area contributed by atoms with Crippen molar-refractivity contribution in [1.82, 2.24) is 15.0 Å². The molecule has 2 heterocycles.